The summed E-state index contributed by atoms with van der Waals surface area (Å²) < 4.78 is 0. The zero-order valence-electron chi connectivity index (χ0n) is 9.10. The highest BCUT2D eigenvalue weighted by Gasteiger charge is 2.54. The lowest BCUT2D eigenvalue weighted by molar-refractivity contribution is -0.118. The van der Waals surface area contributed by atoms with E-state index in [0.717, 1.165) is 31.1 Å². The molecular weight excluding hydrogens is 172 g/mol. The van der Waals surface area contributed by atoms with Crippen molar-refractivity contribution < 1.29 is 4.79 Å². The molecule has 0 radical (unpaired) electrons. The average Bonchev–Trinajstić information content (AvgIpc) is 2.17. The summed E-state index contributed by atoms with van der Waals surface area (Å²) in [6.07, 6.45) is 5.59. The molecule has 2 atom stereocenters. The summed E-state index contributed by atoms with van der Waals surface area (Å²) in [5.41, 5.74) is 3.29. The van der Waals surface area contributed by atoms with Gasteiger partial charge in [0.15, 0.2) is 5.78 Å². The summed E-state index contributed by atoms with van der Waals surface area (Å²) >= 11 is 0. The fourth-order valence-electron chi connectivity index (χ4n) is 3.75. The zero-order chi connectivity index (χ0) is 9.92. The molecule has 1 fully saturated rings. The zero-order valence-corrected chi connectivity index (χ0v) is 9.10. The van der Waals surface area contributed by atoms with E-state index < -0.39 is 0 Å². The molecule has 0 saturated heterocycles. The fourth-order valence-corrected chi connectivity index (χ4v) is 3.75. The lowest BCUT2D eigenvalue weighted by Gasteiger charge is -2.58. The molecule has 0 aromatic carbocycles. The standard InChI is InChI=1S/C13H18O/c1-13(2)8-6-10-9(11(13)7-8)4-3-5-12(10)14/h8,11H,3-7H2,1-2H3/t8-,11-/m0/s1. The van der Waals surface area contributed by atoms with Crippen LogP contribution >= 0.6 is 0 Å². The summed E-state index contributed by atoms with van der Waals surface area (Å²) in [5.74, 6) is 2.02. The van der Waals surface area contributed by atoms with E-state index in [0.29, 0.717) is 11.2 Å². The topological polar surface area (TPSA) is 17.1 Å². The normalized spacial score (nSPS) is 39.1. The maximum atomic E-state index is 11.7. The van der Waals surface area contributed by atoms with Gasteiger partial charge in [-0.2, -0.15) is 0 Å². The van der Waals surface area contributed by atoms with Gasteiger partial charge in [0.25, 0.3) is 0 Å². The highest BCUT2D eigenvalue weighted by Crippen LogP contribution is 2.62. The van der Waals surface area contributed by atoms with Gasteiger partial charge in [-0.25, -0.2) is 0 Å². The number of rotatable bonds is 0. The van der Waals surface area contributed by atoms with Gasteiger partial charge in [-0.05, 0) is 48.5 Å². The summed E-state index contributed by atoms with van der Waals surface area (Å²) in [7, 11) is 0. The van der Waals surface area contributed by atoms with Crippen LogP contribution < -0.4 is 0 Å². The van der Waals surface area contributed by atoms with Crippen molar-refractivity contribution in [2.75, 3.05) is 0 Å². The molecular formula is C13H18O. The quantitative estimate of drug-likeness (QED) is 0.573. The molecule has 0 heterocycles. The van der Waals surface area contributed by atoms with Crippen molar-refractivity contribution in [2.45, 2.75) is 46.0 Å². The molecule has 14 heavy (non-hydrogen) atoms. The molecule has 2 bridgehead atoms. The largest absolute Gasteiger partial charge is 0.295 e. The molecule has 4 aliphatic rings. The molecule has 0 spiro atoms. The lowest BCUT2D eigenvalue weighted by Crippen LogP contribution is -2.50. The van der Waals surface area contributed by atoms with Crippen LogP contribution in [0.15, 0.2) is 11.1 Å². The van der Waals surface area contributed by atoms with E-state index in [-0.39, 0.29) is 0 Å². The van der Waals surface area contributed by atoms with Crippen molar-refractivity contribution in [2.24, 2.45) is 17.3 Å². The van der Waals surface area contributed by atoms with Crippen LogP contribution in [0.1, 0.15) is 46.0 Å². The molecule has 0 aromatic rings. The number of hydrogen-bond acceptors (Lipinski definition) is 1. The molecule has 1 nitrogen and oxygen atoms in total. The second-order valence-electron chi connectivity index (χ2n) is 5.79. The third-order valence-electron chi connectivity index (χ3n) is 4.92. The monoisotopic (exact) mass is 190 g/mol. The van der Waals surface area contributed by atoms with Crippen LogP contribution in [-0.2, 0) is 4.79 Å². The SMILES string of the molecule is CC1(C)[C@H]2CC3=C(CCCC3=O)[C@@H]1C2. The van der Waals surface area contributed by atoms with Gasteiger partial charge in [-0.1, -0.05) is 19.4 Å². The molecule has 1 saturated carbocycles. The Kier molecular flexibility index (Phi) is 1.55. The lowest BCUT2D eigenvalue weighted by atomic mass is 9.46. The first-order chi connectivity index (χ1) is 6.60. The Morgan fingerprint density at radius 3 is 2.79 bits per heavy atom. The number of Topliss-reactive ketones (excluding diaryl/α,β-unsaturated/α-hetero) is 1. The van der Waals surface area contributed by atoms with E-state index in [1.54, 1.807) is 5.57 Å². The Morgan fingerprint density at radius 1 is 1.29 bits per heavy atom. The molecule has 0 N–H and O–H groups in total. The van der Waals surface area contributed by atoms with Crippen LogP contribution in [0.3, 0.4) is 0 Å². The van der Waals surface area contributed by atoms with Crippen molar-refractivity contribution in [3.05, 3.63) is 11.1 Å². The van der Waals surface area contributed by atoms with Gasteiger partial charge in [0.05, 0.1) is 0 Å². The average molecular weight is 190 g/mol. The Morgan fingerprint density at radius 2 is 2.07 bits per heavy atom. The number of ketones is 1. The minimum atomic E-state index is 0.469. The maximum absolute atomic E-state index is 11.7. The van der Waals surface area contributed by atoms with Gasteiger partial charge in [0, 0.05) is 6.42 Å². The molecule has 4 rings (SSSR count). The van der Waals surface area contributed by atoms with Crippen LogP contribution in [0.4, 0.5) is 0 Å². The van der Waals surface area contributed by atoms with Crippen LogP contribution in [0, 0.1) is 17.3 Å². The minimum absolute atomic E-state index is 0.469. The number of allylic oxidation sites excluding steroid dienone is 2. The van der Waals surface area contributed by atoms with E-state index >= 15 is 0 Å². The summed E-state index contributed by atoms with van der Waals surface area (Å²) in [6, 6.07) is 0. The summed E-state index contributed by atoms with van der Waals surface area (Å²) in [6.45, 7) is 4.77. The minimum Gasteiger partial charge on any atom is -0.295 e. The molecule has 0 unspecified atom stereocenters. The van der Waals surface area contributed by atoms with Crippen molar-refractivity contribution in [3.8, 4) is 0 Å². The highest BCUT2D eigenvalue weighted by molar-refractivity contribution is 5.97. The van der Waals surface area contributed by atoms with Gasteiger partial charge >= 0.3 is 0 Å². The maximum Gasteiger partial charge on any atom is 0.158 e. The first kappa shape index (κ1) is 8.70. The second kappa shape index (κ2) is 2.50. The van der Waals surface area contributed by atoms with E-state index in [4.69, 9.17) is 0 Å². The molecule has 0 aliphatic heterocycles. The van der Waals surface area contributed by atoms with E-state index in [1.165, 1.54) is 18.4 Å². The van der Waals surface area contributed by atoms with Crippen molar-refractivity contribution >= 4 is 5.78 Å². The molecule has 0 aromatic heterocycles. The van der Waals surface area contributed by atoms with E-state index in [2.05, 4.69) is 13.8 Å². The molecule has 1 heteroatoms. The smallest absolute Gasteiger partial charge is 0.158 e. The van der Waals surface area contributed by atoms with Crippen LogP contribution in [0.5, 0.6) is 0 Å². The number of carbonyl (C=O) groups is 1. The van der Waals surface area contributed by atoms with E-state index in [9.17, 15) is 4.79 Å². The van der Waals surface area contributed by atoms with Gasteiger partial charge in [-0.3, -0.25) is 4.79 Å². The van der Waals surface area contributed by atoms with Crippen molar-refractivity contribution in [1.82, 2.24) is 0 Å². The van der Waals surface area contributed by atoms with Gasteiger partial charge in [0.1, 0.15) is 0 Å². The second-order valence-corrected chi connectivity index (χ2v) is 5.79. The predicted molar refractivity (Wildman–Crippen MR) is 55.9 cm³/mol. The van der Waals surface area contributed by atoms with Gasteiger partial charge in [-0.15, -0.1) is 0 Å². The third-order valence-corrected chi connectivity index (χ3v) is 4.92. The number of carbonyl (C=O) groups excluding carboxylic acids is 1. The highest BCUT2D eigenvalue weighted by atomic mass is 16.1. The van der Waals surface area contributed by atoms with Crippen molar-refractivity contribution in [1.29, 1.82) is 0 Å². The Balaban J connectivity index is 2.03. The van der Waals surface area contributed by atoms with Gasteiger partial charge in [0.2, 0.25) is 0 Å². The Labute approximate surface area is 85.6 Å². The summed E-state index contributed by atoms with van der Waals surface area (Å²) in [5, 5.41) is 0. The Bertz CT molecular complexity index is 335. The molecule has 76 valence electrons. The number of hydrogen-bond donors (Lipinski definition) is 0. The first-order valence-corrected chi connectivity index (χ1v) is 5.86. The van der Waals surface area contributed by atoms with Crippen molar-refractivity contribution in [3.63, 3.8) is 0 Å². The van der Waals surface area contributed by atoms with Crippen LogP contribution in [0.2, 0.25) is 0 Å². The first-order valence-electron chi connectivity index (χ1n) is 5.86. The molecule has 0 amide bonds. The van der Waals surface area contributed by atoms with Crippen LogP contribution in [-0.4, -0.2) is 5.78 Å². The molecule has 4 aliphatic carbocycles. The third kappa shape index (κ3) is 0.884. The Hall–Kier alpha value is -0.590. The predicted octanol–water partition coefficient (Wildman–Crippen LogP) is 3.10. The fraction of sp³-hybridized carbons (Fsp3) is 0.769. The summed E-state index contributed by atoms with van der Waals surface area (Å²) in [4.78, 5) is 11.7. The van der Waals surface area contributed by atoms with Crippen LogP contribution in [0.25, 0.3) is 0 Å². The van der Waals surface area contributed by atoms with Gasteiger partial charge < -0.3 is 0 Å². The van der Waals surface area contributed by atoms with E-state index in [1.807, 2.05) is 0 Å².